The average molecular weight is 1570 g/mol. The summed E-state index contributed by atoms with van der Waals surface area (Å²) in [6.45, 7) is 23.9. The molecule has 0 spiro atoms. The maximum absolute atomic E-state index is 12.7. The summed E-state index contributed by atoms with van der Waals surface area (Å²) in [7, 11) is 0. The Morgan fingerprint density at radius 1 is 0.382 bits per heavy atom. The first kappa shape index (κ1) is 105. The van der Waals surface area contributed by atoms with Crippen molar-refractivity contribution in [3.8, 4) is 0 Å². The third kappa shape index (κ3) is 40.6. The largest absolute Gasteiger partial charge is 0.459 e. The summed E-state index contributed by atoms with van der Waals surface area (Å²) in [5.74, 6) is -13.8. The number of ether oxygens (including phenoxy) is 8. The molecule has 2 atom stereocenters. The van der Waals surface area contributed by atoms with Gasteiger partial charge in [-0.25, -0.2) is 38.4 Å². The molecule has 596 valence electrons. The van der Waals surface area contributed by atoms with E-state index in [4.69, 9.17) is 10.2 Å². The fraction of sp³-hybridized carbons (Fsp3) is 0.623. The Labute approximate surface area is 554 Å². The molecule has 2 unspecified atom stereocenters. The van der Waals surface area contributed by atoms with Crippen LogP contribution < -0.4 is 0 Å². The molecule has 0 aliphatic carbocycles. The highest BCUT2D eigenvalue weighted by molar-refractivity contribution is 5.89. The first-order valence-electron chi connectivity index (χ1n) is 25.8. The van der Waals surface area contributed by atoms with Crippen molar-refractivity contribution in [2.24, 2.45) is 5.92 Å². The molecule has 0 radical (unpaired) electrons. The fourth-order valence-electron chi connectivity index (χ4n) is 4.93. The van der Waals surface area contributed by atoms with Crippen LogP contribution in [0.1, 0.15) is 82.1 Å². The van der Waals surface area contributed by atoms with Gasteiger partial charge >= 0.3 is 110 Å². The molecule has 102 heavy (non-hydrogen) atoms. The Morgan fingerprint density at radius 3 is 0.902 bits per heavy atom. The zero-order valence-electron chi connectivity index (χ0n) is 53.3. The lowest BCUT2D eigenvalue weighted by Crippen LogP contribution is -2.69. The van der Waals surface area contributed by atoms with E-state index in [0.717, 1.165) is 13.8 Å². The van der Waals surface area contributed by atoms with Gasteiger partial charge in [0, 0.05) is 34.3 Å². The van der Waals surface area contributed by atoms with Crippen LogP contribution in [0, 0.1) is 5.92 Å². The topological polar surface area (TPSA) is 251 Å². The maximum Gasteiger partial charge on any atom is 0.434 e. The van der Waals surface area contributed by atoms with Gasteiger partial charge in [-0.2, -0.15) is 136 Å². The zero-order valence-corrected chi connectivity index (χ0v) is 53.3. The molecule has 18 nitrogen and oxygen atoms in total. The lowest BCUT2D eigenvalue weighted by molar-refractivity contribution is -0.407. The molecule has 49 heteroatoms. The Morgan fingerprint density at radius 2 is 0.667 bits per heavy atom. The number of rotatable bonds is 21. The Bertz CT molecular complexity index is 2740. The second-order valence-corrected chi connectivity index (χ2v) is 20.5. The minimum absolute atomic E-state index is 0.0470. The van der Waals surface area contributed by atoms with Gasteiger partial charge in [-0.1, -0.05) is 53.3 Å². The van der Waals surface area contributed by atoms with E-state index < -0.39 is 188 Å². The molecular weight excluding hydrogens is 1510 g/mol. The highest BCUT2D eigenvalue weighted by Crippen LogP contribution is 2.51. The zero-order chi connectivity index (χ0) is 83.7. The molecule has 2 N–H and O–H groups in total. The summed E-state index contributed by atoms with van der Waals surface area (Å²) in [5.41, 5.74) is -14.3. The number of hydrogen-bond acceptors (Lipinski definition) is 18. The molecular formula is C53H59F31O18. The minimum atomic E-state index is -6.08. The molecule has 0 aromatic carbocycles. The Hall–Kier alpha value is -8.05. The van der Waals surface area contributed by atoms with Crippen molar-refractivity contribution in [1.29, 1.82) is 0 Å². The van der Waals surface area contributed by atoms with E-state index in [1.165, 1.54) is 41.5 Å². The van der Waals surface area contributed by atoms with E-state index in [2.05, 4.69) is 77.4 Å². The summed E-state index contributed by atoms with van der Waals surface area (Å²) in [6.07, 6.45) is -71.0. The number of carbonyl (C=O) groups excluding carboxylic acids is 8. The smallest absolute Gasteiger partial charge is 0.434 e. The second-order valence-electron chi connectivity index (χ2n) is 20.5. The van der Waals surface area contributed by atoms with Crippen LogP contribution in [0.4, 0.5) is 136 Å². The Balaban J connectivity index is -0.000000275. The van der Waals surface area contributed by atoms with Crippen LogP contribution in [-0.2, 0) is 76.3 Å². The van der Waals surface area contributed by atoms with Crippen LogP contribution in [0.3, 0.4) is 0 Å². The van der Waals surface area contributed by atoms with Crippen molar-refractivity contribution in [1.82, 2.24) is 0 Å². The van der Waals surface area contributed by atoms with Gasteiger partial charge in [-0.15, -0.1) is 0 Å². The molecule has 0 heterocycles. The van der Waals surface area contributed by atoms with Crippen molar-refractivity contribution < 1.29 is 223 Å². The van der Waals surface area contributed by atoms with Gasteiger partial charge in [0.05, 0.1) is 0 Å². The quantitative estimate of drug-likeness (QED) is 0.0469. The normalized spacial score (nSPS) is 13.2. The van der Waals surface area contributed by atoms with Gasteiger partial charge < -0.3 is 48.1 Å². The van der Waals surface area contributed by atoms with Gasteiger partial charge in [-0.05, 0) is 67.7 Å². The van der Waals surface area contributed by atoms with Crippen LogP contribution in [0.2, 0.25) is 0 Å². The SMILES string of the molecule is C=C(C)C(=O)OC(C)(C)C(O)(C(F)(F)F)C(F)(F)F.C=C(C)C(=O)OC(C)C(F)(F)F.C=C(C)C(=O)OC(CC(C)C)CC(O)(C(F)(F)F)C(F)(F)F.C=C(C)C(=O)OCC(=O)OC(C(F)(F)F)C(F)(F)F.C=C(C)C(=O)OCC(F)(F)F.C=C(F)C(=O)OCC(=O)OC(C(F)(F)F)C(F)(F)F. The minimum Gasteiger partial charge on any atom is -0.459 e. The molecule has 0 aromatic heterocycles. The van der Waals surface area contributed by atoms with Crippen LogP contribution in [0.15, 0.2) is 73.2 Å². The molecule has 0 bridgehead atoms. The molecule has 0 aromatic rings. The van der Waals surface area contributed by atoms with Crippen molar-refractivity contribution in [2.75, 3.05) is 19.8 Å². The third-order valence-corrected chi connectivity index (χ3v) is 9.91. The highest BCUT2D eigenvalue weighted by Gasteiger charge is 2.79. The van der Waals surface area contributed by atoms with Crippen molar-refractivity contribution in [3.05, 3.63) is 73.2 Å². The summed E-state index contributed by atoms with van der Waals surface area (Å²) < 4.78 is 407. The molecule has 0 saturated carbocycles. The number of alkyl halides is 30. The second kappa shape index (κ2) is 40.1. The standard InChI is InChI=1S/C13H18F6O3.C10H12F6O3.C9H8F6O4.C8H5F7O4.C7H9F3O2.C6H7F3O2/c1-7(2)5-9(22-10(20)8(3)4)6-11(21,12(14,15)16)13(17,18)19;1-5(2)6(17)19-7(3,4)8(18,9(11,12)13)10(14,15)16;1-4(2)6(17)18-3-5(16)19-7(8(10,11)12)9(13,14)15;1-3(9)5(17)18-2-4(16)19-6(7(10,11)12)8(13,14)15;1-4(2)6(11)12-5(3)7(8,9)10;1-4(2)5(10)11-3-6(7,8)9/h7,9,21H,3,5-6H2,1-2,4H3;18H,1H2,2-4H3;7H,1,3H2,2H3;6H,1-2H2;5H,1H2,2-3H3;1,3H2,2H3. The van der Waals surface area contributed by atoms with E-state index in [1.54, 1.807) is 0 Å². The van der Waals surface area contributed by atoms with Gasteiger partial charge in [0.15, 0.2) is 31.5 Å². The predicted molar refractivity (Wildman–Crippen MR) is 277 cm³/mol. The van der Waals surface area contributed by atoms with Crippen molar-refractivity contribution >= 4 is 47.8 Å². The number of aliphatic hydroxyl groups is 2. The maximum atomic E-state index is 12.7. The van der Waals surface area contributed by atoms with E-state index in [9.17, 15) is 174 Å². The molecule has 0 fully saturated rings. The summed E-state index contributed by atoms with van der Waals surface area (Å²) >= 11 is 0. The first-order valence-corrected chi connectivity index (χ1v) is 25.8. The summed E-state index contributed by atoms with van der Waals surface area (Å²) in [6, 6.07) is 0. The van der Waals surface area contributed by atoms with Crippen LogP contribution in [0.5, 0.6) is 0 Å². The van der Waals surface area contributed by atoms with Crippen molar-refractivity contribution in [2.45, 2.75) is 185 Å². The molecule has 0 rings (SSSR count). The highest BCUT2D eigenvalue weighted by atomic mass is 19.5. The van der Waals surface area contributed by atoms with Gasteiger partial charge in [0.2, 0.25) is 5.83 Å². The predicted octanol–water partition coefficient (Wildman–Crippen LogP) is 14.4. The lowest BCUT2D eigenvalue weighted by Gasteiger charge is -2.43. The number of halogens is 31. The fourth-order valence-corrected chi connectivity index (χ4v) is 4.93. The van der Waals surface area contributed by atoms with Gasteiger partial charge in [-0.3, -0.25) is 0 Å². The van der Waals surface area contributed by atoms with E-state index in [1.807, 2.05) is 0 Å². The molecule has 0 saturated heterocycles. The van der Waals surface area contributed by atoms with Crippen LogP contribution in [-0.4, -0.2) is 181 Å². The van der Waals surface area contributed by atoms with Crippen LogP contribution in [0.25, 0.3) is 0 Å². The third-order valence-electron chi connectivity index (χ3n) is 9.91. The van der Waals surface area contributed by atoms with E-state index in [-0.39, 0.29) is 34.6 Å². The molecule has 0 aliphatic rings. The summed E-state index contributed by atoms with van der Waals surface area (Å²) in [5, 5.41) is 18.2. The molecule has 0 amide bonds. The Kier molecular flexibility index (Phi) is 41.3. The molecule has 0 aliphatic heterocycles. The van der Waals surface area contributed by atoms with E-state index in [0.29, 0.717) is 13.8 Å². The van der Waals surface area contributed by atoms with Gasteiger partial charge in [0.25, 0.3) is 23.4 Å². The van der Waals surface area contributed by atoms with Crippen molar-refractivity contribution in [3.63, 3.8) is 0 Å². The first-order chi connectivity index (χ1) is 44.5. The lowest BCUT2D eigenvalue weighted by atomic mass is 9.84. The van der Waals surface area contributed by atoms with Gasteiger partial charge in [0.1, 0.15) is 6.10 Å². The number of esters is 8. The monoisotopic (exact) mass is 1570 g/mol. The summed E-state index contributed by atoms with van der Waals surface area (Å²) in [4.78, 5) is 85.9. The van der Waals surface area contributed by atoms with E-state index >= 15 is 0 Å². The number of hydrogen-bond donors (Lipinski definition) is 2. The van der Waals surface area contributed by atoms with Crippen LogP contribution >= 0.6 is 0 Å². The number of carbonyl (C=O) groups is 8. The average Bonchev–Trinajstić information content (AvgIpc) is 0.735.